The normalized spacial score (nSPS) is 10.8. The SMILES string of the molecule is CCCCCCCCOc1ccc([I+]c2ccc(OCCCCCCCC)cc2)cc1.CCCCCCCCOc1ccc([I+]c2ccc(OCCCCCCCC)cc2)cc1.CCCCCCCCOc1ccc([I+]c2ccc(OCCCCCCCC)cc2)cc1.[O-][Sb]([O-])[O-]. The second-order valence-corrected chi connectivity index (χ2v) is 35.3. The topological polar surface area (TPSA) is 125 Å². The van der Waals surface area contributed by atoms with Crippen LogP contribution in [0.4, 0.5) is 0 Å². The first-order chi connectivity index (χ1) is 47.7. The van der Waals surface area contributed by atoms with Crippen LogP contribution in [0.15, 0.2) is 146 Å². The van der Waals surface area contributed by atoms with E-state index in [0.717, 1.165) is 113 Å². The minimum absolute atomic E-state index is 0.160. The van der Waals surface area contributed by atoms with Gasteiger partial charge in [-0.05, 0) is 184 Å². The molecule has 0 radical (unpaired) electrons. The molecule has 0 heterocycles. The van der Waals surface area contributed by atoms with Gasteiger partial charge in [-0.3, -0.25) is 0 Å². The van der Waals surface area contributed by atoms with Crippen LogP contribution in [0.1, 0.15) is 273 Å². The molecule has 13 heteroatoms. The van der Waals surface area contributed by atoms with Crippen LogP contribution in [-0.2, 0) is 0 Å². The predicted octanol–water partition coefficient (Wildman–Crippen LogP) is 11.9. The summed E-state index contributed by atoms with van der Waals surface area (Å²) in [4.78, 5) is 0. The molecule has 0 saturated carbocycles. The summed E-state index contributed by atoms with van der Waals surface area (Å²) in [6.07, 6.45) is 46.8. The third-order valence-corrected chi connectivity index (χ3v) is 24.2. The summed E-state index contributed by atoms with van der Waals surface area (Å²) in [5.41, 5.74) is 0. The van der Waals surface area contributed by atoms with E-state index in [-0.39, 0.29) is 63.6 Å². The van der Waals surface area contributed by atoms with E-state index < -0.39 is 21.5 Å². The number of rotatable bonds is 54. The molecule has 0 N–H and O–H groups in total. The quantitative estimate of drug-likeness (QED) is 0.0208. The van der Waals surface area contributed by atoms with Crippen molar-refractivity contribution in [1.29, 1.82) is 0 Å². The molecule has 0 atom stereocenters. The van der Waals surface area contributed by atoms with Crippen LogP contribution in [0, 0.1) is 21.4 Å². The van der Waals surface area contributed by atoms with E-state index in [4.69, 9.17) is 38.6 Å². The van der Waals surface area contributed by atoms with Gasteiger partial charge in [0.05, 0.1) is 39.6 Å². The summed E-state index contributed by atoms with van der Waals surface area (Å²) in [5.74, 6) is 6.00. The van der Waals surface area contributed by atoms with Gasteiger partial charge in [0.15, 0.2) is 21.4 Å². The number of ether oxygens (including phenoxy) is 6. The molecule has 0 saturated heterocycles. The van der Waals surface area contributed by atoms with E-state index in [1.807, 2.05) is 0 Å². The first-order valence-electron chi connectivity index (χ1n) is 37.8. The standard InChI is InChI=1S/3C28H42IO2.3O.Sb/c3*1-3-5-7-9-11-13-23-30-27-19-15-25(16-20-27)29-26-17-21-28(22-18-26)31-24-14-12-10-8-6-4-2;;;;/h3*15-22H,3-14,23-24H2,1-2H3;;;;/q3*+1;3*-1;. The zero-order valence-electron chi connectivity index (χ0n) is 60.8. The first-order valence-corrected chi connectivity index (χ1v) is 47.4. The van der Waals surface area contributed by atoms with Gasteiger partial charge in [-0.1, -0.05) is 234 Å². The fourth-order valence-corrected chi connectivity index (χ4v) is 16.8. The van der Waals surface area contributed by atoms with Gasteiger partial charge in [-0.15, -0.1) is 0 Å². The van der Waals surface area contributed by atoms with Crippen molar-refractivity contribution < 1.29 is 102 Å². The summed E-state index contributed by atoms with van der Waals surface area (Å²) in [6.45, 7) is 18.6. The molecule has 0 unspecified atom stereocenters. The number of halogens is 3. The van der Waals surface area contributed by atoms with Crippen molar-refractivity contribution in [3.05, 3.63) is 167 Å². The van der Waals surface area contributed by atoms with Gasteiger partial charge in [0.1, 0.15) is 34.5 Å². The average Bonchev–Trinajstić information content (AvgIpc) is 1.10. The van der Waals surface area contributed by atoms with Crippen molar-refractivity contribution in [1.82, 2.24) is 0 Å². The van der Waals surface area contributed by atoms with Gasteiger partial charge in [0.2, 0.25) is 0 Å². The molecule has 0 amide bonds. The van der Waals surface area contributed by atoms with E-state index in [0.29, 0.717) is 0 Å². The summed E-state index contributed by atoms with van der Waals surface area (Å²) in [5, 5.41) is 0. The van der Waals surface area contributed by atoms with E-state index in [1.54, 1.807) is 0 Å². The van der Waals surface area contributed by atoms with Crippen molar-refractivity contribution in [2.45, 2.75) is 273 Å². The molecule has 6 aromatic carbocycles. The number of hydrogen-bond acceptors (Lipinski definition) is 9. The fourth-order valence-electron chi connectivity index (χ4n) is 10.4. The summed E-state index contributed by atoms with van der Waals surface area (Å²) < 4.78 is 69.8. The molecule has 0 spiro atoms. The maximum atomic E-state index is 8.60. The van der Waals surface area contributed by atoms with Gasteiger partial charge in [0.25, 0.3) is 0 Å². The predicted molar refractivity (Wildman–Crippen MR) is 390 cm³/mol. The minimum atomic E-state index is -4.20. The van der Waals surface area contributed by atoms with Crippen molar-refractivity contribution in [2.75, 3.05) is 39.6 Å². The molecule has 0 aliphatic carbocycles. The first kappa shape index (κ1) is 88.2. The Hall–Kier alpha value is -2.99. The fraction of sp³-hybridized carbons (Fsp3) is 0.571. The number of unbranched alkanes of at least 4 members (excludes halogenated alkanes) is 30. The number of benzene rings is 6. The van der Waals surface area contributed by atoms with Crippen LogP contribution < -0.4 is 102 Å². The summed E-state index contributed by atoms with van der Waals surface area (Å²) >= 11 is -4.68. The molecule has 97 heavy (non-hydrogen) atoms. The second kappa shape index (κ2) is 63.9. The van der Waals surface area contributed by atoms with Crippen molar-refractivity contribution in [3.8, 4) is 34.5 Å². The van der Waals surface area contributed by atoms with E-state index in [9.17, 15) is 0 Å². The zero-order valence-corrected chi connectivity index (χ0v) is 69.8. The zero-order chi connectivity index (χ0) is 69.5. The van der Waals surface area contributed by atoms with E-state index in [1.165, 1.54) is 214 Å². The molecular weight excluding hydrogens is 1660 g/mol. The van der Waals surface area contributed by atoms with E-state index in [2.05, 4.69) is 187 Å². The van der Waals surface area contributed by atoms with Crippen LogP contribution in [0.5, 0.6) is 34.5 Å². The van der Waals surface area contributed by atoms with Crippen molar-refractivity contribution in [2.24, 2.45) is 0 Å². The Morgan fingerprint density at radius 3 is 0.433 bits per heavy atom. The van der Waals surface area contributed by atoms with Crippen LogP contribution in [-0.4, -0.2) is 61.1 Å². The van der Waals surface area contributed by atoms with Gasteiger partial charge in [-0.25, -0.2) is 0 Å². The molecule has 6 rings (SSSR count). The van der Waals surface area contributed by atoms with Crippen LogP contribution in [0.25, 0.3) is 0 Å². The molecule has 0 fully saturated rings. The van der Waals surface area contributed by atoms with Gasteiger partial charge in [-0.2, -0.15) is 0 Å². The maximum absolute atomic E-state index is 8.60. The van der Waals surface area contributed by atoms with Crippen molar-refractivity contribution in [3.63, 3.8) is 0 Å². The van der Waals surface area contributed by atoms with E-state index >= 15 is 0 Å². The van der Waals surface area contributed by atoms with Crippen LogP contribution >= 0.6 is 0 Å². The van der Waals surface area contributed by atoms with Crippen LogP contribution in [0.2, 0.25) is 0 Å². The molecule has 9 nitrogen and oxygen atoms in total. The third-order valence-electron chi connectivity index (χ3n) is 16.1. The van der Waals surface area contributed by atoms with Crippen LogP contribution in [0.3, 0.4) is 0 Å². The third kappa shape index (κ3) is 50.9. The molecule has 0 aliphatic heterocycles. The van der Waals surface area contributed by atoms with Gasteiger partial charge < -0.3 is 28.4 Å². The Bertz CT molecular complexity index is 2180. The molecule has 542 valence electrons. The second-order valence-electron chi connectivity index (χ2n) is 24.9. The molecule has 6 aromatic rings. The summed E-state index contributed by atoms with van der Waals surface area (Å²) in [6, 6.07) is 52.3. The number of hydrogen-bond donors (Lipinski definition) is 0. The van der Waals surface area contributed by atoms with Gasteiger partial charge in [0, 0.05) is 0 Å². The molecule has 0 bridgehead atoms. The molecule has 0 aromatic heterocycles. The molecular formula is C84H126I3O9Sb. The van der Waals surface area contributed by atoms with Crippen molar-refractivity contribution >= 4 is 21.5 Å². The Morgan fingerprint density at radius 1 is 0.196 bits per heavy atom. The molecule has 0 aliphatic rings. The monoisotopic (exact) mass is 1780 g/mol. The average molecular weight is 1780 g/mol. The van der Waals surface area contributed by atoms with Gasteiger partial charge >= 0.3 is 95.2 Å². The summed E-state index contributed by atoms with van der Waals surface area (Å²) in [7, 11) is 0. The Labute approximate surface area is 631 Å². The Kier molecular flexibility index (Phi) is 58.1. The Balaban J connectivity index is 0.000000368. The Morgan fingerprint density at radius 2 is 0.309 bits per heavy atom.